The Balaban J connectivity index is 1.40. The molecule has 1 amide bonds. The van der Waals surface area contributed by atoms with Crippen LogP contribution >= 0.6 is 0 Å². The van der Waals surface area contributed by atoms with E-state index in [1.807, 2.05) is 47.4 Å². The first-order valence-corrected chi connectivity index (χ1v) is 9.23. The number of imidazole rings is 1. The Labute approximate surface area is 158 Å². The highest BCUT2D eigenvalue weighted by molar-refractivity contribution is 5.78. The van der Waals surface area contributed by atoms with E-state index in [0.29, 0.717) is 18.0 Å². The molecule has 6 nitrogen and oxygen atoms in total. The first-order valence-electron chi connectivity index (χ1n) is 9.23. The van der Waals surface area contributed by atoms with Crippen LogP contribution in [0.1, 0.15) is 24.6 Å². The molecule has 27 heavy (non-hydrogen) atoms. The van der Waals surface area contributed by atoms with Gasteiger partial charge in [-0.2, -0.15) is 0 Å². The summed E-state index contributed by atoms with van der Waals surface area (Å²) in [7, 11) is 1.59. The van der Waals surface area contributed by atoms with Crippen LogP contribution in [0.5, 0.6) is 11.5 Å². The molecule has 0 spiro atoms. The molecule has 0 saturated carbocycles. The van der Waals surface area contributed by atoms with Crippen LogP contribution in [0.2, 0.25) is 0 Å². The summed E-state index contributed by atoms with van der Waals surface area (Å²) in [4.78, 5) is 22.6. The summed E-state index contributed by atoms with van der Waals surface area (Å²) in [6, 6.07) is 15.4. The lowest BCUT2D eigenvalue weighted by Crippen LogP contribution is -2.41. The van der Waals surface area contributed by atoms with Crippen molar-refractivity contribution in [1.29, 1.82) is 0 Å². The van der Waals surface area contributed by atoms with Crippen LogP contribution in [0.25, 0.3) is 11.0 Å². The molecule has 1 aliphatic heterocycles. The number of ether oxygens (including phenoxy) is 2. The predicted octanol–water partition coefficient (Wildman–Crippen LogP) is 3.36. The third-order valence-corrected chi connectivity index (χ3v) is 4.99. The minimum atomic E-state index is -0.0123. The summed E-state index contributed by atoms with van der Waals surface area (Å²) in [5.74, 6) is 2.38. The Kier molecular flexibility index (Phi) is 4.96. The summed E-state index contributed by atoms with van der Waals surface area (Å²) < 4.78 is 11.0. The van der Waals surface area contributed by atoms with Crippen molar-refractivity contribution in [2.75, 3.05) is 26.8 Å². The summed E-state index contributed by atoms with van der Waals surface area (Å²) in [5.41, 5.74) is 2.01. The molecule has 1 unspecified atom stereocenters. The maximum Gasteiger partial charge on any atom is 0.260 e. The van der Waals surface area contributed by atoms with Crippen LogP contribution in [0.4, 0.5) is 0 Å². The number of carbonyl (C=O) groups excluding carboxylic acids is 1. The molecular weight excluding hydrogens is 342 g/mol. The number of methoxy groups -OCH3 is 1. The van der Waals surface area contributed by atoms with Crippen LogP contribution in [-0.4, -0.2) is 47.6 Å². The van der Waals surface area contributed by atoms with E-state index in [9.17, 15) is 4.79 Å². The van der Waals surface area contributed by atoms with Crippen molar-refractivity contribution in [2.24, 2.45) is 0 Å². The van der Waals surface area contributed by atoms with Gasteiger partial charge in [-0.15, -0.1) is 0 Å². The molecule has 3 aromatic rings. The monoisotopic (exact) mass is 365 g/mol. The second-order valence-electron chi connectivity index (χ2n) is 6.76. The molecule has 0 aliphatic carbocycles. The fourth-order valence-corrected chi connectivity index (χ4v) is 3.56. The predicted molar refractivity (Wildman–Crippen MR) is 103 cm³/mol. The largest absolute Gasteiger partial charge is 0.493 e. The van der Waals surface area contributed by atoms with Crippen molar-refractivity contribution in [3.63, 3.8) is 0 Å². The van der Waals surface area contributed by atoms with Gasteiger partial charge in [0.25, 0.3) is 5.91 Å². The van der Waals surface area contributed by atoms with E-state index < -0.39 is 0 Å². The molecule has 1 atom stereocenters. The number of rotatable bonds is 5. The molecule has 1 aliphatic rings. The van der Waals surface area contributed by atoms with Crippen molar-refractivity contribution >= 4 is 16.9 Å². The van der Waals surface area contributed by atoms with Gasteiger partial charge in [0.05, 0.1) is 18.1 Å². The molecule has 1 aromatic heterocycles. The molecule has 2 aromatic carbocycles. The molecule has 4 rings (SSSR count). The molecule has 6 heteroatoms. The Morgan fingerprint density at radius 2 is 1.96 bits per heavy atom. The van der Waals surface area contributed by atoms with Crippen molar-refractivity contribution < 1.29 is 14.3 Å². The second-order valence-corrected chi connectivity index (χ2v) is 6.76. The maximum absolute atomic E-state index is 12.6. The lowest BCUT2D eigenvalue weighted by atomic mass is 9.97. The van der Waals surface area contributed by atoms with E-state index in [2.05, 4.69) is 4.98 Å². The molecule has 1 N–H and O–H groups in total. The number of nitrogens with one attached hydrogen (secondary N) is 1. The number of nitrogens with zero attached hydrogens (tertiary/aromatic N) is 2. The summed E-state index contributed by atoms with van der Waals surface area (Å²) in [6.45, 7) is 1.42. The molecule has 2 heterocycles. The Morgan fingerprint density at radius 3 is 2.78 bits per heavy atom. The number of para-hydroxylation sites is 4. The average Bonchev–Trinajstić information content (AvgIpc) is 3.16. The van der Waals surface area contributed by atoms with Gasteiger partial charge in [-0.05, 0) is 37.1 Å². The molecule has 1 fully saturated rings. The van der Waals surface area contributed by atoms with E-state index in [1.165, 1.54) is 0 Å². The number of carbonyl (C=O) groups is 1. The minimum absolute atomic E-state index is 0.00717. The van der Waals surface area contributed by atoms with Gasteiger partial charge in [0.15, 0.2) is 18.1 Å². The van der Waals surface area contributed by atoms with E-state index in [0.717, 1.165) is 36.2 Å². The van der Waals surface area contributed by atoms with Crippen LogP contribution in [0.15, 0.2) is 48.5 Å². The third-order valence-electron chi connectivity index (χ3n) is 4.99. The van der Waals surface area contributed by atoms with Gasteiger partial charge < -0.3 is 19.4 Å². The van der Waals surface area contributed by atoms with Gasteiger partial charge in [0.2, 0.25) is 0 Å². The van der Waals surface area contributed by atoms with Gasteiger partial charge in [-0.3, -0.25) is 4.79 Å². The summed E-state index contributed by atoms with van der Waals surface area (Å²) >= 11 is 0. The second kappa shape index (κ2) is 7.70. The van der Waals surface area contributed by atoms with E-state index >= 15 is 0 Å². The Morgan fingerprint density at radius 1 is 1.19 bits per heavy atom. The number of fused-ring (bicyclic) bond motifs is 1. The number of benzene rings is 2. The Hall–Kier alpha value is -3.02. The molecular formula is C21H23N3O3. The van der Waals surface area contributed by atoms with Crippen LogP contribution in [-0.2, 0) is 4.79 Å². The highest BCUT2D eigenvalue weighted by Crippen LogP contribution is 2.28. The molecule has 0 radical (unpaired) electrons. The summed E-state index contributed by atoms with van der Waals surface area (Å²) in [6.07, 6.45) is 1.99. The average molecular weight is 365 g/mol. The van der Waals surface area contributed by atoms with Gasteiger partial charge in [-0.25, -0.2) is 4.98 Å². The van der Waals surface area contributed by atoms with Crippen molar-refractivity contribution in [1.82, 2.24) is 14.9 Å². The SMILES string of the molecule is COc1ccccc1OCC(=O)N1CCCC(c2nc3ccccc3[nH]2)C1. The summed E-state index contributed by atoms with van der Waals surface area (Å²) in [5, 5.41) is 0. The number of aromatic amines is 1. The van der Waals surface area contributed by atoms with Crippen LogP contribution in [0.3, 0.4) is 0 Å². The standard InChI is InChI=1S/C21H23N3O3/c1-26-18-10-4-5-11-19(18)27-14-20(25)24-12-6-7-15(13-24)21-22-16-8-2-3-9-17(16)23-21/h2-5,8-11,15H,6-7,12-14H2,1H3,(H,22,23). The third kappa shape index (κ3) is 3.74. The number of amides is 1. The van der Waals surface area contributed by atoms with Crippen molar-refractivity contribution in [2.45, 2.75) is 18.8 Å². The van der Waals surface area contributed by atoms with Gasteiger partial charge in [0, 0.05) is 19.0 Å². The molecule has 0 bridgehead atoms. The zero-order valence-corrected chi connectivity index (χ0v) is 15.4. The first kappa shape index (κ1) is 17.4. The van der Waals surface area contributed by atoms with Crippen molar-refractivity contribution in [3.05, 3.63) is 54.4 Å². The van der Waals surface area contributed by atoms with E-state index in [-0.39, 0.29) is 18.4 Å². The molecule has 140 valence electrons. The highest BCUT2D eigenvalue weighted by Gasteiger charge is 2.27. The lowest BCUT2D eigenvalue weighted by molar-refractivity contribution is -0.134. The zero-order valence-electron chi connectivity index (χ0n) is 15.4. The number of hydrogen-bond acceptors (Lipinski definition) is 4. The van der Waals surface area contributed by atoms with Crippen LogP contribution in [0, 0.1) is 0 Å². The van der Waals surface area contributed by atoms with Gasteiger partial charge in [-0.1, -0.05) is 24.3 Å². The lowest BCUT2D eigenvalue weighted by Gasteiger charge is -2.31. The number of piperidine rings is 1. The fraction of sp³-hybridized carbons (Fsp3) is 0.333. The van der Waals surface area contributed by atoms with Gasteiger partial charge >= 0.3 is 0 Å². The number of H-pyrrole nitrogens is 1. The van der Waals surface area contributed by atoms with Gasteiger partial charge in [0.1, 0.15) is 5.82 Å². The van der Waals surface area contributed by atoms with E-state index in [1.54, 1.807) is 13.2 Å². The maximum atomic E-state index is 12.6. The zero-order chi connectivity index (χ0) is 18.6. The number of aromatic nitrogens is 2. The van der Waals surface area contributed by atoms with Crippen LogP contribution < -0.4 is 9.47 Å². The number of hydrogen-bond donors (Lipinski definition) is 1. The first-order chi connectivity index (χ1) is 13.2. The number of likely N-dealkylation sites (tertiary alicyclic amines) is 1. The molecule has 1 saturated heterocycles. The van der Waals surface area contributed by atoms with E-state index in [4.69, 9.17) is 14.5 Å². The highest BCUT2D eigenvalue weighted by atomic mass is 16.5. The van der Waals surface area contributed by atoms with Crippen molar-refractivity contribution in [3.8, 4) is 11.5 Å². The smallest absolute Gasteiger partial charge is 0.260 e. The topological polar surface area (TPSA) is 67.5 Å². The normalized spacial score (nSPS) is 17.1. The Bertz CT molecular complexity index is 904. The minimum Gasteiger partial charge on any atom is -0.493 e. The quantitative estimate of drug-likeness (QED) is 0.753. The fourth-order valence-electron chi connectivity index (χ4n) is 3.56.